The minimum atomic E-state index is -0.647. The van der Waals surface area contributed by atoms with Gasteiger partial charge in [-0.05, 0) is 23.8 Å². The van der Waals surface area contributed by atoms with E-state index in [1.54, 1.807) is 0 Å². The zero-order chi connectivity index (χ0) is 11.1. The Bertz CT molecular complexity index is 435. The summed E-state index contributed by atoms with van der Waals surface area (Å²) in [6, 6.07) is 10.1. The van der Waals surface area contributed by atoms with Crippen LogP contribution >= 0.6 is 0 Å². The number of rotatable bonds is 2. The Balaban J connectivity index is 2.00. The zero-order valence-corrected chi connectivity index (χ0v) is 8.91. The molecular formula is C14H14O2. The standard InChI is InChI=1S/C14H14O2/c15-14(16)13-11-7-6-10(8-11)12(13)9-4-2-1-3-5-9/h1-7,10-13H,8H2,(H,15,16)/t10-,11-,12+,13-/m0/s1. The Hall–Kier alpha value is -1.57. The van der Waals surface area contributed by atoms with Crippen molar-refractivity contribution in [2.24, 2.45) is 17.8 Å². The van der Waals surface area contributed by atoms with E-state index in [0.29, 0.717) is 5.92 Å². The van der Waals surface area contributed by atoms with Crippen LogP contribution in [0.1, 0.15) is 17.9 Å². The van der Waals surface area contributed by atoms with Crippen molar-refractivity contribution >= 4 is 5.97 Å². The Labute approximate surface area is 94.6 Å². The molecule has 2 aliphatic carbocycles. The monoisotopic (exact) mass is 214 g/mol. The summed E-state index contributed by atoms with van der Waals surface area (Å²) in [4.78, 5) is 11.3. The molecule has 3 rings (SSSR count). The van der Waals surface area contributed by atoms with Gasteiger partial charge in [0.15, 0.2) is 0 Å². The molecule has 0 aliphatic heterocycles. The second kappa shape index (κ2) is 3.48. The molecule has 2 bridgehead atoms. The molecule has 1 aromatic carbocycles. The number of carboxylic acids is 1. The van der Waals surface area contributed by atoms with E-state index in [0.717, 1.165) is 6.42 Å². The van der Waals surface area contributed by atoms with Crippen LogP contribution in [0.3, 0.4) is 0 Å². The van der Waals surface area contributed by atoms with Crippen LogP contribution in [-0.4, -0.2) is 11.1 Å². The van der Waals surface area contributed by atoms with E-state index in [9.17, 15) is 9.90 Å². The smallest absolute Gasteiger partial charge is 0.307 e. The largest absolute Gasteiger partial charge is 0.481 e. The number of carboxylic acid groups (broad SMARTS) is 1. The van der Waals surface area contributed by atoms with E-state index < -0.39 is 5.97 Å². The molecule has 1 saturated carbocycles. The number of fused-ring (bicyclic) bond motifs is 2. The summed E-state index contributed by atoms with van der Waals surface area (Å²) < 4.78 is 0. The van der Waals surface area contributed by atoms with Gasteiger partial charge in [0.05, 0.1) is 5.92 Å². The number of hydrogen-bond acceptors (Lipinski definition) is 1. The second-order valence-corrected chi connectivity index (χ2v) is 4.75. The maximum Gasteiger partial charge on any atom is 0.307 e. The first-order valence-corrected chi connectivity index (χ1v) is 5.73. The summed E-state index contributed by atoms with van der Waals surface area (Å²) in [5, 5.41) is 9.33. The minimum absolute atomic E-state index is 0.175. The van der Waals surface area contributed by atoms with Crippen molar-refractivity contribution in [1.82, 2.24) is 0 Å². The van der Waals surface area contributed by atoms with Crippen molar-refractivity contribution in [3.8, 4) is 0 Å². The highest BCUT2D eigenvalue weighted by Crippen LogP contribution is 2.52. The van der Waals surface area contributed by atoms with E-state index in [1.807, 2.05) is 18.2 Å². The van der Waals surface area contributed by atoms with Gasteiger partial charge in [-0.2, -0.15) is 0 Å². The van der Waals surface area contributed by atoms with Crippen LogP contribution in [0, 0.1) is 17.8 Å². The topological polar surface area (TPSA) is 37.3 Å². The van der Waals surface area contributed by atoms with E-state index in [4.69, 9.17) is 0 Å². The lowest BCUT2D eigenvalue weighted by Crippen LogP contribution is -2.25. The number of aliphatic carboxylic acids is 1. The molecule has 16 heavy (non-hydrogen) atoms. The SMILES string of the molecule is O=C(O)[C@@H]1[C@H](c2ccccc2)[C@H]2C=C[C@H]1C2. The molecule has 1 fully saturated rings. The van der Waals surface area contributed by atoms with E-state index in [2.05, 4.69) is 24.3 Å². The van der Waals surface area contributed by atoms with Gasteiger partial charge in [0, 0.05) is 5.92 Å². The molecule has 2 aliphatic rings. The molecule has 2 heteroatoms. The molecule has 0 amide bonds. The molecule has 0 aromatic heterocycles. The summed E-state index contributed by atoms with van der Waals surface area (Å²) in [5.41, 5.74) is 1.17. The third-order valence-electron chi connectivity index (χ3n) is 3.93. The molecule has 0 saturated heterocycles. The van der Waals surface area contributed by atoms with Crippen LogP contribution in [0.15, 0.2) is 42.5 Å². The third kappa shape index (κ3) is 1.29. The highest BCUT2D eigenvalue weighted by Gasteiger charge is 2.48. The van der Waals surface area contributed by atoms with Gasteiger partial charge in [-0.1, -0.05) is 42.5 Å². The molecular weight excluding hydrogens is 200 g/mol. The highest BCUT2D eigenvalue weighted by atomic mass is 16.4. The van der Waals surface area contributed by atoms with Gasteiger partial charge < -0.3 is 5.11 Å². The fraction of sp³-hybridized carbons (Fsp3) is 0.357. The minimum Gasteiger partial charge on any atom is -0.481 e. The van der Waals surface area contributed by atoms with Crippen LogP contribution in [0.5, 0.6) is 0 Å². The van der Waals surface area contributed by atoms with Crippen LogP contribution in [0.4, 0.5) is 0 Å². The average molecular weight is 214 g/mol. The van der Waals surface area contributed by atoms with Crippen molar-refractivity contribution in [3.63, 3.8) is 0 Å². The van der Waals surface area contributed by atoms with Gasteiger partial charge in [-0.25, -0.2) is 0 Å². The summed E-state index contributed by atoms with van der Waals surface area (Å²) >= 11 is 0. The maximum atomic E-state index is 11.3. The number of carbonyl (C=O) groups is 1. The Kier molecular flexibility index (Phi) is 2.10. The quantitative estimate of drug-likeness (QED) is 0.768. The van der Waals surface area contributed by atoms with E-state index in [-0.39, 0.29) is 17.8 Å². The summed E-state index contributed by atoms with van der Waals surface area (Å²) in [6.07, 6.45) is 5.29. The fourth-order valence-electron chi connectivity index (χ4n) is 3.29. The van der Waals surface area contributed by atoms with Crippen LogP contribution in [0.2, 0.25) is 0 Å². The van der Waals surface area contributed by atoms with Crippen LogP contribution < -0.4 is 0 Å². The van der Waals surface area contributed by atoms with Crippen molar-refractivity contribution in [2.45, 2.75) is 12.3 Å². The van der Waals surface area contributed by atoms with Gasteiger partial charge in [0.2, 0.25) is 0 Å². The maximum absolute atomic E-state index is 11.3. The van der Waals surface area contributed by atoms with Gasteiger partial charge >= 0.3 is 5.97 Å². The van der Waals surface area contributed by atoms with Gasteiger partial charge in [0.25, 0.3) is 0 Å². The van der Waals surface area contributed by atoms with Crippen molar-refractivity contribution < 1.29 is 9.90 Å². The second-order valence-electron chi connectivity index (χ2n) is 4.75. The van der Waals surface area contributed by atoms with Crippen molar-refractivity contribution in [2.75, 3.05) is 0 Å². The lowest BCUT2D eigenvalue weighted by Gasteiger charge is -2.25. The summed E-state index contributed by atoms with van der Waals surface area (Å²) in [6.45, 7) is 0. The highest BCUT2D eigenvalue weighted by molar-refractivity contribution is 5.73. The molecule has 4 atom stereocenters. The Morgan fingerprint density at radius 3 is 2.50 bits per heavy atom. The predicted molar refractivity (Wildman–Crippen MR) is 61.0 cm³/mol. The Morgan fingerprint density at radius 1 is 1.12 bits per heavy atom. The molecule has 82 valence electrons. The number of benzene rings is 1. The molecule has 0 radical (unpaired) electrons. The van der Waals surface area contributed by atoms with Crippen LogP contribution in [0.25, 0.3) is 0 Å². The van der Waals surface area contributed by atoms with Crippen molar-refractivity contribution in [3.05, 3.63) is 48.0 Å². The molecule has 0 spiro atoms. The van der Waals surface area contributed by atoms with E-state index >= 15 is 0 Å². The molecule has 2 nitrogen and oxygen atoms in total. The van der Waals surface area contributed by atoms with Crippen molar-refractivity contribution in [1.29, 1.82) is 0 Å². The zero-order valence-electron chi connectivity index (χ0n) is 8.91. The normalized spacial score (nSPS) is 35.5. The fourth-order valence-corrected chi connectivity index (χ4v) is 3.29. The molecule has 0 heterocycles. The van der Waals surface area contributed by atoms with Crippen LogP contribution in [-0.2, 0) is 4.79 Å². The van der Waals surface area contributed by atoms with Gasteiger partial charge in [-0.3, -0.25) is 4.79 Å². The van der Waals surface area contributed by atoms with Gasteiger partial charge in [-0.15, -0.1) is 0 Å². The average Bonchev–Trinajstić information content (AvgIpc) is 2.89. The lowest BCUT2D eigenvalue weighted by atomic mass is 9.78. The summed E-state index contributed by atoms with van der Waals surface area (Å²) in [7, 11) is 0. The van der Waals surface area contributed by atoms with Gasteiger partial charge in [0.1, 0.15) is 0 Å². The number of allylic oxidation sites excluding steroid dienone is 2. The first-order valence-electron chi connectivity index (χ1n) is 5.73. The molecule has 0 unspecified atom stereocenters. The summed E-state index contributed by atoms with van der Waals surface area (Å²) in [5.74, 6) is -0.0296. The molecule has 1 aromatic rings. The number of hydrogen-bond donors (Lipinski definition) is 1. The third-order valence-corrected chi connectivity index (χ3v) is 3.93. The first-order chi connectivity index (χ1) is 7.77. The first kappa shape index (κ1) is 9.64. The predicted octanol–water partition coefficient (Wildman–Crippen LogP) is 2.68. The lowest BCUT2D eigenvalue weighted by molar-refractivity contribution is -0.143. The van der Waals surface area contributed by atoms with E-state index in [1.165, 1.54) is 5.56 Å². The Morgan fingerprint density at radius 2 is 1.81 bits per heavy atom. The molecule has 1 N–H and O–H groups in total.